The maximum atomic E-state index is 12.7. The summed E-state index contributed by atoms with van der Waals surface area (Å²) in [6.45, 7) is 3.91. The molecule has 168 valence electrons. The lowest BCUT2D eigenvalue weighted by Gasteiger charge is -2.18. The first-order chi connectivity index (χ1) is 15.8. The zero-order valence-electron chi connectivity index (χ0n) is 18.4. The van der Waals surface area contributed by atoms with Gasteiger partial charge in [0.25, 0.3) is 5.91 Å². The lowest BCUT2D eigenvalue weighted by molar-refractivity contribution is -0.123. The van der Waals surface area contributed by atoms with Gasteiger partial charge in [0.2, 0.25) is 5.91 Å². The van der Waals surface area contributed by atoms with Crippen molar-refractivity contribution in [2.45, 2.75) is 26.8 Å². The van der Waals surface area contributed by atoms with E-state index >= 15 is 0 Å². The summed E-state index contributed by atoms with van der Waals surface area (Å²) in [5.41, 5.74) is 7.05. The summed E-state index contributed by atoms with van der Waals surface area (Å²) in [4.78, 5) is 46.0. The Hall–Kier alpha value is -4.07. The smallest absolute Gasteiger partial charge is 0.287 e. The first-order valence-electron chi connectivity index (χ1n) is 10.7. The Labute approximate surface area is 189 Å². The van der Waals surface area contributed by atoms with Crippen LogP contribution in [-0.2, 0) is 17.8 Å². The van der Waals surface area contributed by atoms with E-state index in [4.69, 9.17) is 10.2 Å². The number of hydrogen-bond donors (Lipinski definition) is 2. The number of nitrogens with two attached hydrogens (primary N) is 1. The van der Waals surface area contributed by atoms with Gasteiger partial charge in [0.1, 0.15) is 11.4 Å². The lowest BCUT2D eigenvalue weighted by atomic mass is 9.89. The molecule has 0 saturated heterocycles. The Morgan fingerprint density at radius 3 is 2.45 bits per heavy atom. The molecule has 0 fully saturated rings. The van der Waals surface area contributed by atoms with Crippen LogP contribution in [0.4, 0.5) is 0 Å². The third kappa shape index (κ3) is 4.74. The molecule has 4 rings (SSSR count). The standard InChI is InChI=1S/C25H24N4O4/c1-14(2)17(24(26)31)11-19-15-7-3-5-9-18(15)28-23(29-19)13-27-25(32)22-12-20(30)16-8-4-6-10-21(16)33-22/h3-10,12,14,17H,11,13H2,1-2H3,(H2,26,31)(H,27,32)/t17-/m0/s1. The average Bonchev–Trinajstić information content (AvgIpc) is 2.80. The number of nitrogens with zero attached hydrogens (tertiary/aromatic N) is 2. The third-order valence-corrected chi connectivity index (χ3v) is 5.58. The zero-order valence-corrected chi connectivity index (χ0v) is 18.4. The number of aromatic nitrogens is 2. The molecule has 0 bridgehead atoms. The number of carbonyl (C=O) groups is 2. The summed E-state index contributed by atoms with van der Waals surface area (Å²) in [7, 11) is 0. The van der Waals surface area contributed by atoms with Crippen molar-refractivity contribution in [2.24, 2.45) is 17.6 Å². The molecule has 33 heavy (non-hydrogen) atoms. The molecule has 0 aliphatic carbocycles. The lowest BCUT2D eigenvalue weighted by Crippen LogP contribution is -2.30. The molecule has 0 unspecified atom stereocenters. The normalized spacial score (nSPS) is 12.2. The van der Waals surface area contributed by atoms with Crippen molar-refractivity contribution in [2.75, 3.05) is 0 Å². The molecule has 0 saturated carbocycles. The summed E-state index contributed by atoms with van der Waals surface area (Å²) in [6, 6.07) is 15.4. The van der Waals surface area contributed by atoms with E-state index in [-0.39, 0.29) is 35.5 Å². The number of para-hydroxylation sites is 2. The predicted octanol–water partition coefficient (Wildman–Crippen LogP) is 2.97. The molecule has 0 radical (unpaired) electrons. The summed E-state index contributed by atoms with van der Waals surface area (Å²) < 4.78 is 5.59. The highest BCUT2D eigenvalue weighted by molar-refractivity contribution is 5.93. The number of carbonyl (C=O) groups excluding carboxylic acids is 2. The van der Waals surface area contributed by atoms with Gasteiger partial charge in [-0.2, -0.15) is 0 Å². The summed E-state index contributed by atoms with van der Waals surface area (Å²) in [5.74, 6) is -0.962. The minimum atomic E-state index is -0.548. The van der Waals surface area contributed by atoms with Crippen LogP contribution >= 0.6 is 0 Å². The highest BCUT2D eigenvalue weighted by Gasteiger charge is 2.22. The van der Waals surface area contributed by atoms with Gasteiger partial charge in [-0.15, -0.1) is 0 Å². The first kappa shape index (κ1) is 22.1. The topological polar surface area (TPSA) is 128 Å². The monoisotopic (exact) mass is 444 g/mol. The van der Waals surface area contributed by atoms with Crippen LogP contribution in [0.15, 0.2) is 63.8 Å². The van der Waals surface area contributed by atoms with Gasteiger partial charge in [0.05, 0.1) is 23.1 Å². The molecule has 3 N–H and O–H groups in total. The maximum absolute atomic E-state index is 12.7. The Kier molecular flexibility index (Phi) is 6.17. The van der Waals surface area contributed by atoms with Gasteiger partial charge in [0, 0.05) is 23.8 Å². The third-order valence-electron chi connectivity index (χ3n) is 5.58. The molecule has 2 aromatic heterocycles. The molecule has 2 amide bonds. The van der Waals surface area contributed by atoms with E-state index in [1.165, 1.54) is 6.07 Å². The van der Waals surface area contributed by atoms with Crippen LogP contribution in [0, 0.1) is 11.8 Å². The van der Waals surface area contributed by atoms with Crippen molar-refractivity contribution in [3.63, 3.8) is 0 Å². The first-order valence-corrected chi connectivity index (χ1v) is 10.7. The van der Waals surface area contributed by atoms with Crippen LogP contribution in [0.3, 0.4) is 0 Å². The van der Waals surface area contributed by atoms with E-state index in [1.807, 2.05) is 38.1 Å². The van der Waals surface area contributed by atoms with Crippen molar-refractivity contribution in [1.29, 1.82) is 0 Å². The molecule has 0 spiro atoms. The fraction of sp³-hybridized carbons (Fsp3) is 0.240. The van der Waals surface area contributed by atoms with E-state index < -0.39 is 5.91 Å². The highest BCUT2D eigenvalue weighted by atomic mass is 16.3. The largest absolute Gasteiger partial charge is 0.451 e. The van der Waals surface area contributed by atoms with Crippen LogP contribution in [0.1, 0.15) is 35.9 Å². The SMILES string of the molecule is CC(C)[C@H](Cc1nc(CNC(=O)c2cc(=O)c3ccccc3o2)nc2ccccc12)C(N)=O. The van der Waals surface area contributed by atoms with E-state index in [2.05, 4.69) is 15.3 Å². The molecule has 2 aromatic carbocycles. The van der Waals surface area contributed by atoms with Crippen molar-refractivity contribution >= 4 is 33.7 Å². The van der Waals surface area contributed by atoms with Gasteiger partial charge in [-0.3, -0.25) is 14.4 Å². The Bertz CT molecular complexity index is 1410. The second-order valence-corrected chi connectivity index (χ2v) is 8.21. The Morgan fingerprint density at radius 2 is 1.73 bits per heavy atom. The summed E-state index contributed by atoms with van der Waals surface area (Å²) in [6.07, 6.45) is 0.372. The van der Waals surface area contributed by atoms with Crippen LogP contribution in [0.25, 0.3) is 21.9 Å². The number of amides is 2. The average molecular weight is 444 g/mol. The molecule has 8 nitrogen and oxygen atoms in total. The highest BCUT2D eigenvalue weighted by Crippen LogP contribution is 2.22. The van der Waals surface area contributed by atoms with E-state index in [0.717, 1.165) is 5.39 Å². The number of benzene rings is 2. The van der Waals surface area contributed by atoms with Gasteiger partial charge in [-0.1, -0.05) is 44.2 Å². The van der Waals surface area contributed by atoms with Crippen LogP contribution < -0.4 is 16.5 Å². The van der Waals surface area contributed by atoms with E-state index in [0.29, 0.717) is 34.4 Å². The van der Waals surface area contributed by atoms with Crippen LogP contribution in [-0.4, -0.2) is 21.8 Å². The molecule has 0 aliphatic rings. The van der Waals surface area contributed by atoms with Crippen molar-refractivity contribution < 1.29 is 14.0 Å². The van der Waals surface area contributed by atoms with E-state index in [9.17, 15) is 14.4 Å². The van der Waals surface area contributed by atoms with Gasteiger partial charge in [0.15, 0.2) is 11.2 Å². The van der Waals surface area contributed by atoms with Gasteiger partial charge in [-0.25, -0.2) is 9.97 Å². The second kappa shape index (κ2) is 9.20. The number of hydrogen-bond acceptors (Lipinski definition) is 6. The predicted molar refractivity (Wildman–Crippen MR) is 124 cm³/mol. The molecular weight excluding hydrogens is 420 g/mol. The molecule has 8 heteroatoms. The number of nitrogens with one attached hydrogen (secondary N) is 1. The summed E-state index contributed by atoms with van der Waals surface area (Å²) in [5, 5.41) is 3.95. The van der Waals surface area contributed by atoms with Crippen LogP contribution in [0.2, 0.25) is 0 Å². The number of fused-ring (bicyclic) bond motifs is 2. The van der Waals surface area contributed by atoms with Gasteiger partial charge < -0.3 is 15.5 Å². The minimum Gasteiger partial charge on any atom is -0.451 e. The van der Waals surface area contributed by atoms with Gasteiger partial charge >= 0.3 is 0 Å². The molecule has 0 aliphatic heterocycles. The molecular formula is C25H24N4O4. The fourth-order valence-electron chi connectivity index (χ4n) is 3.77. The van der Waals surface area contributed by atoms with Crippen molar-refractivity contribution in [3.8, 4) is 0 Å². The van der Waals surface area contributed by atoms with Crippen molar-refractivity contribution in [1.82, 2.24) is 15.3 Å². The quantitative estimate of drug-likeness (QED) is 0.451. The maximum Gasteiger partial charge on any atom is 0.287 e. The molecule has 2 heterocycles. The fourth-order valence-corrected chi connectivity index (χ4v) is 3.77. The van der Waals surface area contributed by atoms with E-state index in [1.54, 1.807) is 24.3 Å². The second-order valence-electron chi connectivity index (χ2n) is 8.21. The van der Waals surface area contributed by atoms with Crippen molar-refractivity contribution in [3.05, 3.63) is 82.1 Å². The van der Waals surface area contributed by atoms with Crippen LogP contribution in [0.5, 0.6) is 0 Å². The summed E-state index contributed by atoms with van der Waals surface area (Å²) >= 11 is 0. The Balaban J connectivity index is 1.61. The molecule has 4 aromatic rings. The number of primary amides is 1. The Morgan fingerprint density at radius 1 is 1.03 bits per heavy atom. The molecule has 1 atom stereocenters. The van der Waals surface area contributed by atoms with Gasteiger partial charge in [-0.05, 0) is 24.1 Å². The number of rotatable bonds is 7. The zero-order chi connectivity index (χ0) is 23.5. The minimum absolute atomic E-state index is 0.0239.